The quantitative estimate of drug-likeness (QED) is 0.675. The second kappa shape index (κ2) is 6.84. The van der Waals surface area contributed by atoms with E-state index in [9.17, 15) is 4.79 Å². The van der Waals surface area contributed by atoms with Crippen LogP contribution in [0.25, 0.3) is 0 Å². The highest BCUT2D eigenvalue weighted by atomic mass is 16.1. The largest absolute Gasteiger partial charge is 0.368 e. The summed E-state index contributed by atoms with van der Waals surface area (Å²) in [4.78, 5) is 11.3. The number of anilines is 1. The van der Waals surface area contributed by atoms with Crippen molar-refractivity contribution in [2.75, 3.05) is 32.0 Å². The second-order valence-electron chi connectivity index (χ2n) is 4.38. The third-order valence-corrected chi connectivity index (χ3v) is 3.03. The predicted octanol–water partition coefficient (Wildman–Crippen LogP) is 0.558. The fraction of sp³-hybridized carbons (Fsp3) is 0.462. The Hall–Kier alpha value is -1.95. The van der Waals surface area contributed by atoms with Crippen LogP contribution in [0.2, 0.25) is 0 Å². The van der Waals surface area contributed by atoms with Gasteiger partial charge in [-0.25, -0.2) is 0 Å². The summed E-state index contributed by atoms with van der Waals surface area (Å²) in [6.45, 7) is 2.86. The van der Waals surface area contributed by atoms with Crippen LogP contribution in [-0.4, -0.2) is 42.8 Å². The molecule has 1 aliphatic rings. The van der Waals surface area contributed by atoms with E-state index in [4.69, 9.17) is 0 Å². The molecule has 1 aliphatic heterocycles. The number of hydrogen-bond donors (Lipinski definition) is 3. The van der Waals surface area contributed by atoms with Crippen LogP contribution in [0.15, 0.2) is 23.8 Å². The van der Waals surface area contributed by atoms with Gasteiger partial charge < -0.3 is 16.0 Å². The molecule has 6 heteroatoms. The molecule has 0 aromatic carbocycles. The van der Waals surface area contributed by atoms with Gasteiger partial charge in [0, 0.05) is 20.1 Å². The Balaban J connectivity index is 1.79. The lowest BCUT2D eigenvalue weighted by atomic mass is 10.1. The van der Waals surface area contributed by atoms with Crippen molar-refractivity contribution in [3.63, 3.8) is 0 Å². The van der Waals surface area contributed by atoms with E-state index in [-0.39, 0.29) is 5.91 Å². The SMILES string of the molecule is CNC(=O)c1ccc(NCCC2=CCNCC2)nn1. The lowest BCUT2D eigenvalue weighted by Gasteiger charge is -2.14. The highest BCUT2D eigenvalue weighted by Crippen LogP contribution is 2.10. The highest BCUT2D eigenvalue weighted by molar-refractivity contribution is 5.91. The monoisotopic (exact) mass is 261 g/mol. The van der Waals surface area contributed by atoms with E-state index in [1.807, 2.05) is 0 Å². The van der Waals surface area contributed by atoms with E-state index in [0.717, 1.165) is 32.5 Å². The summed E-state index contributed by atoms with van der Waals surface area (Å²) in [5.74, 6) is 0.473. The molecule has 0 fully saturated rings. The molecule has 2 rings (SSSR count). The summed E-state index contributed by atoms with van der Waals surface area (Å²) in [5, 5.41) is 16.9. The van der Waals surface area contributed by atoms with Gasteiger partial charge >= 0.3 is 0 Å². The summed E-state index contributed by atoms with van der Waals surface area (Å²) in [5.41, 5.74) is 1.80. The van der Waals surface area contributed by atoms with E-state index >= 15 is 0 Å². The van der Waals surface area contributed by atoms with E-state index in [2.05, 4.69) is 32.2 Å². The van der Waals surface area contributed by atoms with Gasteiger partial charge in [-0.1, -0.05) is 11.6 Å². The Kier molecular flexibility index (Phi) is 4.85. The smallest absolute Gasteiger partial charge is 0.271 e. The fourth-order valence-corrected chi connectivity index (χ4v) is 1.92. The maximum atomic E-state index is 11.3. The summed E-state index contributed by atoms with van der Waals surface area (Å²) < 4.78 is 0. The Morgan fingerprint density at radius 2 is 2.32 bits per heavy atom. The molecule has 0 bridgehead atoms. The van der Waals surface area contributed by atoms with Gasteiger partial charge in [0.15, 0.2) is 5.69 Å². The lowest BCUT2D eigenvalue weighted by molar-refractivity contribution is 0.0957. The molecule has 0 saturated heterocycles. The van der Waals surface area contributed by atoms with Crippen molar-refractivity contribution in [3.05, 3.63) is 29.5 Å². The maximum absolute atomic E-state index is 11.3. The van der Waals surface area contributed by atoms with Crippen molar-refractivity contribution < 1.29 is 4.79 Å². The zero-order valence-electron chi connectivity index (χ0n) is 11.1. The zero-order valence-corrected chi connectivity index (χ0v) is 11.1. The molecular weight excluding hydrogens is 242 g/mol. The van der Waals surface area contributed by atoms with Crippen molar-refractivity contribution in [2.45, 2.75) is 12.8 Å². The molecule has 1 aromatic rings. The topological polar surface area (TPSA) is 78.9 Å². The molecule has 0 saturated carbocycles. The molecule has 6 nitrogen and oxygen atoms in total. The van der Waals surface area contributed by atoms with Gasteiger partial charge in [0.2, 0.25) is 0 Å². The third kappa shape index (κ3) is 4.03. The minimum Gasteiger partial charge on any atom is -0.368 e. The number of nitrogens with one attached hydrogen (secondary N) is 3. The first-order chi connectivity index (χ1) is 9.29. The maximum Gasteiger partial charge on any atom is 0.271 e. The number of carbonyl (C=O) groups is 1. The molecule has 0 unspecified atom stereocenters. The number of rotatable bonds is 5. The zero-order chi connectivity index (χ0) is 13.5. The predicted molar refractivity (Wildman–Crippen MR) is 74.1 cm³/mol. The minimum absolute atomic E-state index is 0.223. The van der Waals surface area contributed by atoms with E-state index < -0.39 is 0 Å². The summed E-state index contributed by atoms with van der Waals surface area (Å²) in [6, 6.07) is 3.44. The first-order valence-corrected chi connectivity index (χ1v) is 6.48. The molecule has 102 valence electrons. The van der Waals surface area contributed by atoms with Crippen LogP contribution in [0.1, 0.15) is 23.3 Å². The Morgan fingerprint density at radius 3 is 2.95 bits per heavy atom. The molecule has 0 radical (unpaired) electrons. The van der Waals surface area contributed by atoms with Crippen LogP contribution >= 0.6 is 0 Å². The Bertz CT molecular complexity index is 455. The van der Waals surface area contributed by atoms with Gasteiger partial charge in [0.25, 0.3) is 5.91 Å². The average Bonchev–Trinajstić information content (AvgIpc) is 2.48. The van der Waals surface area contributed by atoms with Crippen LogP contribution in [0, 0.1) is 0 Å². The first kappa shape index (κ1) is 13.5. The minimum atomic E-state index is -0.223. The number of nitrogens with zero attached hydrogens (tertiary/aromatic N) is 2. The van der Waals surface area contributed by atoms with Crippen LogP contribution in [0.3, 0.4) is 0 Å². The summed E-state index contributed by atoms with van der Waals surface area (Å²) >= 11 is 0. The summed E-state index contributed by atoms with van der Waals surface area (Å²) in [7, 11) is 1.57. The van der Waals surface area contributed by atoms with Gasteiger partial charge in [0.05, 0.1) is 0 Å². The number of hydrogen-bond acceptors (Lipinski definition) is 5. The van der Waals surface area contributed by atoms with Crippen molar-refractivity contribution in [1.29, 1.82) is 0 Å². The molecule has 3 N–H and O–H groups in total. The lowest BCUT2D eigenvalue weighted by Crippen LogP contribution is -2.21. The van der Waals surface area contributed by atoms with Gasteiger partial charge in [-0.05, 0) is 31.5 Å². The molecular formula is C13H19N5O. The standard InChI is InChI=1S/C13H19N5O/c1-14-13(19)11-2-3-12(18-17-11)16-9-6-10-4-7-15-8-5-10/h2-4,15H,5-9H2,1H3,(H,14,19)(H,16,18). The molecule has 0 aliphatic carbocycles. The average molecular weight is 261 g/mol. The van der Waals surface area contributed by atoms with Gasteiger partial charge in [-0.15, -0.1) is 10.2 Å². The Labute approximate surface area is 112 Å². The van der Waals surface area contributed by atoms with E-state index in [0.29, 0.717) is 11.5 Å². The number of amides is 1. The Morgan fingerprint density at radius 1 is 1.42 bits per heavy atom. The summed E-state index contributed by atoms with van der Waals surface area (Å²) in [6.07, 6.45) is 4.37. The molecule has 1 aromatic heterocycles. The van der Waals surface area contributed by atoms with Crippen LogP contribution in [0.5, 0.6) is 0 Å². The molecule has 0 spiro atoms. The first-order valence-electron chi connectivity index (χ1n) is 6.48. The molecule has 19 heavy (non-hydrogen) atoms. The van der Waals surface area contributed by atoms with Crippen molar-refractivity contribution in [1.82, 2.24) is 20.8 Å². The van der Waals surface area contributed by atoms with Crippen molar-refractivity contribution >= 4 is 11.7 Å². The fourth-order valence-electron chi connectivity index (χ4n) is 1.92. The third-order valence-electron chi connectivity index (χ3n) is 3.03. The number of aromatic nitrogens is 2. The normalized spacial score (nSPS) is 14.7. The highest BCUT2D eigenvalue weighted by Gasteiger charge is 2.06. The van der Waals surface area contributed by atoms with Crippen molar-refractivity contribution in [2.24, 2.45) is 0 Å². The molecule has 0 atom stereocenters. The molecule has 1 amide bonds. The molecule has 2 heterocycles. The van der Waals surface area contributed by atoms with Crippen LogP contribution in [0.4, 0.5) is 5.82 Å². The van der Waals surface area contributed by atoms with Crippen LogP contribution in [-0.2, 0) is 0 Å². The van der Waals surface area contributed by atoms with E-state index in [1.54, 1.807) is 19.2 Å². The second-order valence-corrected chi connectivity index (χ2v) is 4.38. The van der Waals surface area contributed by atoms with Crippen molar-refractivity contribution in [3.8, 4) is 0 Å². The van der Waals surface area contributed by atoms with Gasteiger partial charge in [-0.2, -0.15) is 0 Å². The van der Waals surface area contributed by atoms with Gasteiger partial charge in [-0.3, -0.25) is 4.79 Å². The van der Waals surface area contributed by atoms with Crippen LogP contribution < -0.4 is 16.0 Å². The van der Waals surface area contributed by atoms with E-state index in [1.165, 1.54) is 5.57 Å². The van der Waals surface area contributed by atoms with Gasteiger partial charge in [0.1, 0.15) is 5.82 Å². The number of carbonyl (C=O) groups excluding carboxylic acids is 1.